The summed E-state index contributed by atoms with van der Waals surface area (Å²) in [6.45, 7) is 0. The van der Waals surface area contributed by atoms with Crippen molar-refractivity contribution in [1.29, 1.82) is 0 Å². The number of aromatic carboxylic acids is 1. The molecule has 0 heterocycles. The molecule has 0 amide bonds. The summed E-state index contributed by atoms with van der Waals surface area (Å²) in [5.41, 5.74) is -0.0348. The molecule has 0 fully saturated rings. The van der Waals surface area contributed by atoms with Crippen molar-refractivity contribution in [2.24, 2.45) is 0 Å². The predicted molar refractivity (Wildman–Crippen MR) is 50.4 cm³/mol. The van der Waals surface area contributed by atoms with E-state index in [1.54, 1.807) is 0 Å². The van der Waals surface area contributed by atoms with Gasteiger partial charge in [0, 0.05) is 0 Å². The first-order chi connectivity index (χ1) is 5.91. The van der Waals surface area contributed by atoms with Gasteiger partial charge in [-0.25, -0.2) is 4.79 Å². The van der Waals surface area contributed by atoms with Gasteiger partial charge in [0.15, 0.2) is 0 Å². The number of carboxylic acids is 1. The molecule has 0 aliphatic rings. The first kappa shape index (κ1) is 14.7. The Kier molecular flexibility index (Phi) is 5.92. The van der Waals surface area contributed by atoms with Crippen molar-refractivity contribution in [3.05, 3.63) is 29.8 Å². The van der Waals surface area contributed by atoms with E-state index in [-0.39, 0.29) is 79.4 Å². The van der Waals surface area contributed by atoms with Gasteiger partial charge in [0.25, 0.3) is 10.1 Å². The fourth-order valence-corrected chi connectivity index (χ4v) is 1.25. The van der Waals surface area contributed by atoms with E-state index in [1.165, 1.54) is 0 Å². The Balaban J connectivity index is 0.00000169. The molecule has 0 aromatic heterocycles. The van der Waals surface area contributed by atoms with E-state index in [4.69, 9.17) is 9.66 Å². The molecule has 0 aliphatic heterocycles. The fraction of sp³-hybridized carbons (Fsp3) is 0. The van der Waals surface area contributed by atoms with Gasteiger partial charge in [0.05, 0.1) is 10.5 Å². The summed E-state index contributed by atoms with van der Waals surface area (Å²) in [6, 6.07) is 4.26. The molecule has 1 rings (SSSR count). The zero-order valence-electron chi connectivity index (χ0n) is 6.34. The van der Waals surface area contributed by atoms with Crippen LogP contribution in [0.25, 0.3) is 0 Å². The maximum absolute atomic E-state index is 10.5. The number of carbonyl (C=O) groups is 1. The third kappa shape index (κ3) is 4.03. The molecule has 14 heavy (non-hydrogen) atoms. The van der Waals surface area contributed by atoms with Crippen molar-refractivity contribution in [3.8, 4) is 0 Å². The van der Waals surface area contributed by atoms with Gasteiger partial charge in [-0.2, -0.15) is 8.42 Å². The van der Waals surface area contributed by atoms with E-state index in [1.807, 2.05) is 0 Å². The fourth-order valence-electron chi connectivity index (χ4n) is 0.769. The number of carboxylic acid groups (broad SMARTS) is 1. The van der Waals surface area contributed by atoms with Crippen LogP contribution < -0.4 is 0 Å². The van der Waals surface area contributed by atoms with E-state index in [0.29, 0.717) is 0 Å². The second kappa shape index (κ2) is 5.66. The van der Waals surface area contributed by atoms with Gasteiger partial charge in [0.1, 0.15) is 0 Å². The number of hydrogen-bond acceptors (Lipinski definition) is 3. The Hall–Kier alpha value is 0.652. The van der Waals surface area contributed by atoms with Gasteiger partial charge in [-0.3, -0.25) is 4.55 Å². The third-order valence-corrected chi connectivity index (χ3v) is 2.27. The SMILES string of the molecule is O=C(O)c1ccc(S(=O)(=O)O)cc1.[CsH]. The van der Waals surface area contributed by atoms with Crippen LogP contribution in [0.4, 0.5) is 0 Å². The van der Waals surface area contributed by atoms with Gasteiger partial charge in [-0.15, -0.1) is 0 Å². The predicted octanol–water partition coefficient (Wildman–Crippen LogP) is -0.0170. The standard InChI is InChI=1S/C7H6O5S.Cs.H/c8-7(9)5-1-3-6(4-2-5)13(10,11)12;;/h1-4H,(H,8,9)(H,10,11,12);;. The Morgan fingerprint density at radius 3 is 1.86 bits per heavy atom. The van der Waals surface area contributed by atoms with Crippen LogP contribution in [0.3, 0.4) is 0 Å². The van der Waals surface area contributed by atoms with E-state index in [2.05, 4.69) is 0 Å². The van der Waals surface area contributed by atoms with Crippen molar-refractivity contribution in [3.63, 3.8) is 0 Å². The molecule has 1 aromatic rings. The van der Waals surface area contributed by atoms with Crippen LogP contribution in [0.15, 0.2) is 29.2 Å². The summed E-state index contributed by atoms with van der Waals surface area (Å²) in [7, 11) is -4.24. The zero-order chi connectivity index (χ0) is 10.1. The molecule has 0 radical (unpaired) electrons. The van der Waals surface area contributed by atoms with Crippen LogP contribution in [0, 0.1) is 0 Å². The molecule has 7 heteroatoms. The van der Waals surface area contributed by atoms with Crippen molar-refractivity contribution in [2.45, 2.75) is 4.90 Å². The molecule has 5 nitrogen and oxygen atoms in total. The quantitative estimate of drug-likeness (QED) is 0.741. The molecule has 0 unspecified atom stereocenters. The molecule has 1 aromatic carbocycles. The molecule has 72 valence electrons. The Morgan fingerprint density at radius 2 is 1.57 bits per heavy atom. The topological polar surface area (TPSA) is 91.7 Å². The number of benzene rings is 1. The number of rotatable bonds is 2. The van der Waals surface area contributed by atoms with Crippen molar-refractivity contribution >= 4 is 85.0 Å². The van der Waals surface area contributed by atoms with E-state index in [9.17, 15) is 13.2 Å². The van der Waals surface area contributed by atoms with Gasteiger partial charge < -0.3 is 5.11 Å². The average molecular weight is 336 g/mol. The molecule has 0 saturated heterocycles. The summed E-state index contributed by atoms with van der Waals surface area (Å²) < 4.78 is 29.6. The normalized spacial score (nSPS) is 10.4. The van der Waals surface area contributed by atoms with Crippen molar-refractivity contribution in [2.75, 3.05) is 0 Å². The van der Waals surface area contributed by atoms with Gasteiger partial charge in [-0.1, -0.05) is 0 Å². The summed E-state index contributed by atoms with van der Waals surface area (Å²) in [4.78, 5) is 10.0. The van der Waals surface area contributed by atoms with Crippen molar-refractivity contribution in [1.82, 2.24) is 0 Å². The zero-order valence-corrected chi connectivity index (χ0v) is 7.15. The van der Waals surface area contributed by atoms with Gasteiger partial charge in [0.2, 0.25) is 0 Å². The Labute approximate surface area is 140 Å². The van der Waals surface area contributed by atoms with Crippen molar-refractivity contribution < 1.29 is 22.9 Å². The van der Waals surface area contributed by atoms with Gasteiger partial charge in [-0.05, 0) is 24.3 Å². The van der Waals surface area contributed by atoms with E-state index < -0.39 is 16.1 Å². The molecule has 2 N–H and O–H groups in total. The first-order valence-corrected chi connectivity index (χ1v) is 4.66. The third-order valence-electron chi connectivity index (χ3n) is 1.40. The second-order valence-electron chi connectivity index (χ2n) is 2.30. The minimum atomic E-state index is -4.24. The van der Waals surface area contributed by atoms with Crippen LogP contribution in [-0.2, 0) is 10.1 Å². The first-order valence-electron chi connectivity index (χ1n) is 3.22. The Bertz CT molecular complexity index is 422. The summed E-state index contributed by atoms with van der Waals surface area (Å²) in [5, 5.41) is 8.47. The second-order valence-corrected chi connectivity index (χ2v) is 3.73. The van der Waals surface area contributed by atoms with E-state index >= 15 is 0 Å². The molecular formula is C7H7CsO5S. The summed E-state index contributed by atoms with van der Waals surface area (Å²) in [5.74, 6) is -1.15. The van der Waals surface area contributed by atoms with E-state index in [0.717, 1.165) is 24.3 Å². The molecule has 0 aliphatic carbocycles. The summed E-state index contributed by atoms with van der Waals surface area (Å²) >= 11 is 0. The maximum atomic E-state index is 10.5. The van der Waals surface area contributed by atoms with Crippen LogP contribution in [0.5, 0.6) is 0 Å². The molecule has 0 saturated carbocycles. The van der Waals surface area contributed by atoms with Crippen LogP contribution in [-0.4, -0.2) is 92.9 Å². The van der Waals surface area contributed by atoms with Gasteiger partial charge >= 0.3 is 74.9 Å². The summed E-state index contributed by atoms with van der Waals surface area (Å²) in [6.07, 6.45) is 0. The Morgan fingerprint density at radius 1 is 1.14 bits per heavy atom. The van der Waals surface area contributed by atoms with Crippen LogP contribution >= 0.6 is 0 Å². The number of hydrogen-bond donors (Lipinski definition) is 2. The van der Waals surface area contributed by atoms with Crippen LogP contribution in [0.2, 0.25) is 0 Å². The monoisotopic (exact) mass is 336 g/mol. The molecular weight excluding hydrogens is 329 g/mol. The van der Waals surface area contributed by atoms with Crippen LogP contribution in [0.1, 0.15) is 10.4 Å². The minimum absolute atomic E-state index is 0. The molecule has 0 atom stereocenters. The molecule has 0 bridgehead atoms. The molecule has 0 spiro atoms. The average Bonchev–Trinajstić information content (AvgIpc) is 2.03.